The van der Waals surface area contributed by atoms with Gasteiger partial charge in [-0.1, -0.05) is 37.3 Å². The number of nitrogens with zero attached hydrogens (tertiary/aromatic N) is 6. The normalized spacial score (nSPS) is 16.2. The summed E-state index contributed by atoms with van der Waals surface area (Å²) in [7, 11) is 1.69. The van der Waals surface area contributed by atoms with Gasteiger partial charge >= 0.3 is 0 Å². The third-order valence-electron chi connectivity index (χ3n) is 6.48. The molecular formula is C24H31FN6O. The SMILES string of the molecule is CCC(C)(C)n1nnnc1C(c1ccccc1F)N1CCN(c2ccccc2OC)CC1. The van der Waals surface area contributed by atoms with Gasteiger partial charge in [0.05, 0.1) is 18.3 Å². The lowest BCUT2D eigenvalue weighted by atomic mass is 9.98. The second-order valence-corrected chi connectivity index (χ2v) is 8.73. The standard InChI is InChI=1S/C24H31FN6O/c1-5-24(2,3)31-23(26-27-28-31)22(18-10-6-7-11-19(18)25)30-16-14-29(15-17-30)20-12-8-9-13-21(20)32-4/h6-13,22H,5,14-17H2,1-4H3. The van der Waals surface area contributed by atoms with Crippen molar-refractivity contribution in [2.75, 3.05) is 38.2 Å². The van der Waals surface area contributed by atoms with E-state index in [0.717, 1.165) is 44.0 Å². The van der Waals surface area contributed by atoms with Crippen molar-refractivity contribution < 1.29 is 9.13 Å². The molecule has 8 heteroatoms. The fourth-order valence-electron chi connectivity index (χ4n) is 4.25. The Morgan fingerprint density at radius 3 is 2.41 bits per heavy atom. The third-order valence-corrected chi connectivity index (χ3v) is 6.48. The van der Waals surface area contributed by atoms with Crippen LogP contribution in [0.2, 0.25) is 0 Å². The molecule has 1 unspecified atom stereocenters. The van der Waals surface area contributed by atoms with Crippen LogP contribution in [0, 0.1) is 5.82 Å². The Morgan fingerprint density at radius 1 is 1.03 bits per heavy atom. The first-order valence-electron chi connectivity index (χ1n) is 11.1. The summed E-state index contributed by atoms with van der Waals surface area (Å²) < 4.78 is 22.4. The average Bonchev–Trinajstić information content (AvgIpc) is 3.31. The number of hydrogen-bond donors (Lipinski definition) is 0. The van der Waals surface area contributed by atoms with Crippen molar-refractivity contribution in [3.05, 3.63) is 65.7 Å². The number of benzene rings is 2. The number of aromatic nitrogens is 4. The van der Waals surface area contributed by atoms with Crippen LogP contribution in [0.1, 0.15) is 44.6 Å². The second-order valence-electron chi connectivity index (χ2n) is 8.73. The maximum absolute atomic E-state index is 15.0. The quantitative estimate of drug-likeness (QED) is 0.558. The van der Waals surface area contributed by atoms with Crippen LogP contribution in [-0.2, 0) is 5.54 Å². The minimum Gasteiger partial charge on any atom is -0.495 e. The summed E-state index contributed by atoms with van der Waals surface area (Å²) in [5, 5.41) is 12.7. The summed E-state index contributed by atoms with van der Waals surface area (Å²) in [6.45, 7) is 9.40. The Kier molecular flexibility index (Phi) is 6.41. The maximum Gasteiger partial charge on any atom is 0.173 e. The van der Waals surface area contributed by atoms with E-state index >= 15 is 4.39 Å². The molecule has 0 radical (unpaired) electrons. The van der Waals surface area contributed by atoms with E-state index in [1.807, 2.05) is 35.0 Å². The molecule has 1 aromatic heterocycles. The van der Waals surface area contributed by atoms with Crippen LogP contribution in [0.25, 0.3) is 0 Å². The highest BCUT2D eigenvalue weighted by molar-refractivity contribution is 5.58. The minimum absolute atomic E-state index is 0.242. The van der Waals surface area contributed by atoms with Gasteiger partial charge in [-0.2, -0.15) is 0 Å². The van der Waals surface area contributed by atoms with Gasteiger partial charge in [-0.25, -0.2) is 9.07 Å². The molecule has 2 heterocycles. The summed E-state index contributed by atoms with van der Waals surface area (Å²) in [6, 6.07) is 14.6. The van der Waals surface area contributed by atoms with Crippen molar-refractivity contribution in [1.29, 1.82) is 0 Å². The minimum atomic E-state index is -0.364. The molecule has 1 saturated heterocycles. The van der Waals surface area contributed by atoms with Crippen molar-refractivity contribution in [1.82, 2.24) is 25.1 Å². The van der Waals surface area contributed by atoms with Crippen LogP contribution >= 0.6 is 0 Å². The van der Waals surface area contributed by atoms with E-state index in [4.69, 9.17) is 4.74 Å². The van der Waals surface area contributed by atoms with E-state index in [1.165, 1.54) is 6.07 Å². The number of ether oxygens (including phenoxy) is 1. The number of hydrogen-bond acceptors (Lipinski definition) is 6. The predicted octanol–water partition coefficient (Wildman–Crippen LogP) is 3.88. The summed E-state index contributed by atoms with van der Waals surface area (Å²) in [4.78, 5) is 4.59. The Bertz CT molecular complexity index is 1040. The Labute approximate surface area is 188 Å². The number of rotatable bonds is 7. The fraction of sp³-hybridized carbons (Fsp3) is 0.458. The summed E-state index contributed by atoms with van der Waals surface area (Å²) in [6.07, 6.45) is 0.858. The zero-order valence-corrected chi connectivity index (χ0v) is 19.2. The maximum atomic E-state index is 15.0. The number of anilines is 1. The molecule has 4 rings (SSSR count). The largest absolute Gasteiger partial charge is 0.495 e. The number of para-hydroxylation sites is 2. The predicted molar refractivity (Wildman–Crippen MR) is 122 cm³/mol. The van der Waals surface area contributed by atoms with Crippen molar-refractivity contribution >= 4 is 5.69 Å². The van der Waals surface area contributed by atoms with Gasteiger partial charge in [0.1, 0.15) is 17.6 Å². The van der Waals surface area contributed by atoms with Crippen molar-refractivity contribution in [3.8, 4) is 5.75 Å². The first kappa shape index (κ1) is 22.2. The summed E-state index contributed by atoms with van der Waals surface area (Å²) >= 11 is 0. The molecule has 170 valence electrons. The van der Waals surface area contributed by atoms with E-state index in [9.17, 15) is 0 Å². The van der Waals surface area contributed by atoms with Crippen LogP contribution < -0.4 is 9.64 Å². The van der Waals surface area contributed by atoms with E-state index in [-0.39, 0.29) is 17.4 Å². The lowest BCUT2D eigenvalue weighted by molar-refractivity contribution is 0.184. The average molecular weight is 439 g/mol. The van der Waals surface area contributed by atoms with Crippen LogP contribution in [0.5, 0.6) is 5.75 Å². The van der Waals surface area contributed by atoms with Crippen LogP contribution in [-0.4, -0.2) is 58.4 Å². The molecule has 0 N–H and O–H groups in total. The summed E-state index contributed by atoms with van der Waals surface area (Å²) in [5.74, 6) is 1.29. The molecule has 1 aliphatic rings. The van der Waals surface area contributed by atoms with Gasteiger partial charge in [-0.3, -0.25) is 4.90 Å². The third kappa shape index (κ3) is 4.19. The highest BCUT2D eigenvalue weighted by atomic mass is 19.1. The van der Waals surface area contributed by atoms with E-state index in [2.05, 4.69) is 52.2 Å². The Morgan fingerprint density at radius 2 is 1.72 bits per heavy atom. The molecule has 1 aliphatic heterocycles. The first-order chi connectivity index (χ1) is 15.5. The van der Waals surface area contributed by atoms with Gasteiger partial charge in [0.25, 0.3) is 0 Å². The Hall–Kier alpha value is -3.00. The number of methoxy groups -OCH3 is 1. The first-order valence-corrected chi connectivity index (χ1v) is 11.1. The van der Waals surface area contributed by atoms with E-state index in [1.54, 1.807) is 13.2 Å². The van der Waals surface area contributed by atoms with Gasteiger partial charge in [-0.15, -0.1) is 5.10 Å². The lowest BCUT2D eigenvalue weighted by Crippen LogP contribution is -2.49. The fourth-order valence-corrected chi connectivity index (χ4v) is 4.25. The molecule has 0 saturated carbocycles. The summed E-state index contributed by atoms with van der Waals surface area (Å²) in [5.41, 5.74) is 1.40. The van der Waals surface area contributed by atoms with E-state index in [0.29, 0.717) is 11.4 Å². The molecule has 1 fully saturated rings. The van der Waals surface area contributed by atoms with Gasteiger partial charge in [0.15, 0.2) is 5.82 Å². The number of halogens is 1. The zero-order chi connectivity index (χ0) is 22.7. The van der Waals surface area contributed by atoms with Gasteiger partial charge in [-0.05, 0) is 48.9 Å². The molecule has 0 amide bonds. The molecule has 3 aromatic rings. The molecule has 0 spiro atoms. The monoisotopic (exact) mass is 438 g/mol. The molecule has 32 heavy (non-hydrogen) atoms. The zero-order valence-electron chi connectivity index (χ0n) is 19.2. The Balaban J connectivity index is 1.66. The molecule has 0 bridgehead atoms. The highest BCUT2D eigenvalue weighted by Gasteiger charge is 2.35. The van der Waals surface area contributed by atoms with E-state index < -0.39 is 0 Å². The molecular weight excluding hydrogens is 407 g/mol. The van der Waals surface area contributed by atoms with Crippen molar-refractivity contribution in [3.63, 3.8) is 0 Å². The molecule has 2 aromatic carbocycles. The topological polar surface area (TPSA) is 59.3 Å². The number of tetrazole rings is 1. The molecule has 0 aliphatic carbocycles. The molecule has 7 nitrogen and oxygen atoms in total. The van der Waals surface area contributed by atoms with Crippen molar-refractivity contribution in [2.24, 2.45) is 0 Å². The van der Waals surface area contributed by atoms with Crippen LogP contribution in [0.4, 0.5) is 10.1 Å². The lowest BCUT2D eigenvalue weighted by Gasteiger charge is -2.40. The van der Waals surface area contributed by atoms with Gasteiger partial charge < -0.3 is 9.64 Å². The van der Waals surface area contributed by atoms with Crippen molar-refractivity contribution in [2.45, 2.75) is 38.8 Å². The highest BCUT2D eigenvalue weighted by Crippen LogP contribution is 2.34. The second kappa shape index (κ2) is 9.24. The van der Waals surface area contributed by atoms with Crippen LogP contribution in [0.3, 0.4) is 0 Å². The smallest absolute Gasteiger partial charge is 0.173 e. The number of piperazine rings is 1. The van der Waals surface area contributed by atoms with Gasteiger partial charge in [0.2, 0.25) is 0 Å². The molecule has 1 atom stereocenters. The van der Waals surface area contributed by atoms with Gasteiger partial charge in [0, 0.05) is 31.7 Å². The van der Waals surface area contributed by atoms with Crippen LogP contribution in [0.15, 0.2) is 48.5 Å².